The van der Waals surface area contributed by atoms with Crippen LogP contribution < -0.4 is 4.74 Å². The highest BCUT2D eigenvalue weighted by Gasteiger charge is 1.96. The molecule has 0 atom stereocenters. The number of carbonyl (C=O) groups is 1. The fourth-order valence-corrected chi connectivity index (χ4v) is 0.851. The average molecular weight is 208 g/mol. The molecule has 80 valence electrons. The van der Waals surface area contributed by atoms with Gasteiger partial charge in [-0.1, -0.05) is 0 Å². The molecule has 0 aliphatic heterocycles. The average Bonchev–Trinajstić information content (AvgIpc) is 2.27. The Labute approximate surface area is 87.8 Å². The van der Waals surface area contributed by atoms with Crippen LogP contribution in [-0.4, -0.2) is 29.7 Å². The first kappa shape index (κ1) is 11.2. The van der Waals surface area contributed by atoms with Gasteiger partial charge in [0, 0.05) is 6.08 Å². The number of methoxy groups -OCH3 is 1. The molecule has 5 nitrogen and oxygen atoms in total. The largest absolute Gasteiger partial charge is 0.494 e. The molecule has 0 saturated heterocycles. The Morgan fingerprint density at radius 2 is 2.13 bits per heavy atom. The number of rotatable bonds is 4. The van der Waals surface area contributed by atoms with Crippen molar-refractivity contribution in [3.8, 4) is 5.75 Å². The van der Waals surface area contributed by atoms with Crippen LogP contribution >= 0.6 is 0 Å². The molecular formula is C10H12N2O3. The summed E-state index contributed by atoms with van der Waals surface area (Å²) < 4.78 is 9.60. The third-order valence-electron chi connectivity index (χ3n) is 1.54. The molecule has 0 aliphatic rings. The molecule has 0 spiro atoms. The first-order chi connectivity index (χ1) is 7.26. The molecule has 0 aromatic carbocycles. The number of carbonyl (C=O) groups excluding carboxylic acids is 1. The van der Waals surface area contributed by atoms with Crippen molar-refractivity contribution in [2.45, 2.75) is 6.92 Å². The molecule has 1 aromatic heterocycles. The molecule has 0 N–H and O–H groups in total. The summed E-state index contributed by atoms with van der Waals surface area (Å²) in [5, 5.41) is 0. The van der Waals surface area contributed by atoms with Gasteiger partial charge in [-0.25, -0.2) is 14.8 Å². The van der Waals surface area contributed by atoms with Gasteiger partial charge >= 0.3 is 5.97 Å². The smallest absolute Gasteiger partial charge is 0.330 e. The minimum absolute atomic E-state index is 0.354. The highest BCUT2D eigenvalue weighted by atomic mass is 16.5. The summed E-state index contributed by atoms with van der Waals surface area (Å²) >= 11 is 0. The van der Waals surface area contributed by atoms with E-state index in [1.807, 2.05) is 0 Å². The number of aromatic nitrogens is 2. The van der Waals surface area contributed by atoms with Gasteiger partial charge in [-0.2, -0.15) is 0 Å². The van der Waals surface area contributed by atoms with E-state index in [9.17, 15) is 4.79 Å². The highest BCUT2D eigenvalue weighted by Crippen LogP contribution is 2.05. The summed E-state index contributed by atoms with van der Waals surface area (Å²) in [4.78, 5) is 18.9. The van der Waals surface area contributed by atoms with Crippen LogP contribution in [0.4, 0.5) is 0 Å². The normalized spacial score (nSPS) is 10.3. The topological polar surface area (TPSA) is 61.3 Å². The molecule has 1 rings (SSSR count). The van der Waals surface area contributed by atoms with E-state index in [0.717, 1.165) is 0 Å². The zero-order chi connectivity index (χ0) is 11.1. The van der Waals surface area contributed by atoms with Gasteiger partial charge < -0.3 is 9.47 Å². The quantitative estimate of drug-likeness (QED) is 0.547. The summed E-state index contributed by atoms with van der Waals surface area (Å²) in [5.74, 6) is 0.601. The van der Waals surface area contributed by atoms with Gasteiger partial charge in [0.15, 0.2) is 11.6 Å². The molecule has 0 amide bonds. The fourth-order valence-electron chi connectivity index (χ4n) is 0.851. The van der Waals surface area contributed by atoms with Crippen molar-refractivity contribution in [1.29, 1.82) is 0 Å². The van der Waals surface area contributed by atoms with E-state index in [4.69, 9.17) is 9.47 Å². The molecule has 15 heavy (non-hydrogen) atoms. The molecule has 0 radical (unpaired) electrons. The van der Waals surface area contributed by atoms with Gasteiger partial charge in [-0.15, -0.1) is 0 Å². The Morgan fingerprint density at radius 1 is 1.47 bits per heavy atom. The molecule has 0 unspecified atom stereocenters. The van der Waals surface area contributed by atoms with Gasteiger partial charge in [0.25, 0.3) is 0 Å². The molecule has 0 fully saturated rings. The molecule has 0 bridgehead atoms. The third-order valence-corrected chi connectivity index (χ3v) is 1.54. The van der Waals surface area contributed by atoms with Crippen LogP contribution in [0.25, 0.3) is 6.08 Å². The maximum absolute atomic E-state index is 11.0. The first-order valence-electron chi connectivity index (χ1n) is 4.47. The van der Waals surface area contributed by atoms with Crippen molar-refractivity contribution >= 4 is 12.0 Å². The number of hydrogen-bond acceptors (Lipinski definition) is 5. The maximum Gasteiger partial charge on any atom is 0.330 e. The second-order valence-corrected chi connectivity index (χ2v) is 2.57. The molecule has 5 heteroatoms. The van der Waals surface area contributed by atoms with Crippen LogP contribution in [0.1, 0.15) is 12.7 Å². The minimum atomic E-state index is -0.406. The van der Waals surface area contributed by atoms with Crippen molar-refractivity contribution in [3.63, 3.8) is 0 Å². The second kappa shape index (κ2) is 5.74. The standard InChI is InChI=1S/C10H12N2O3/c1-3-15-10(13)5-4-9-11-6-8(14-2)7-12-9/h4-7H,3H2,1-2H3/b5-4+. The molecule has 1 aromatic rings. The van der Waals surface area contributed by atoms with E-state index in [1.165, 1.54) is 31.7 Å². The lowest BCUT2D eigenvalue weighted by Gasteiger charge is -1.97. The summed E-state index contributed by atoms with van der Waals surface area (Å²) in [5.41, 5.74) is 0. The van der Waals surface area contributed by atoms with Crippen LogP contribution in [-0.2, 0) is 9.53 Å². The lowest BCUT2D eigenvalue weighted by molar-refractivity contribution is -0.137. The Kier molecular flexibility index (Phi) is 4.28. The van der Waals surface area contributed by atoms with E-state index in [2.05, 4.69) is 9.97 Å². The first-order valence-corrected chi connectivity index (χ1v) is 4.47. The fraction of sp³-hybridized carbons (Fsp3) is 0.300. The van der Waals surface area contributed by atoms with Crippen LogP contribution in [0.15, 0.2) is 18.5 Å². The van der Waals surface area contributed by atoms with Gasteiger partial charge in [0.2, 0.25) is 0 Å². The summed E-state index contributed by atoms with van der Waals surface area (Å²) in [6.07, 6.45) is 5.82. The number of ether oxygens (including phenoxy) is 2. The highest BCUT2D eigenvalue weighted by molar-refractivity contribution is 5.86. The van der Waals surface area contributed by atoms with E-state index in [1.54, 1.807) is 6.92 Å². The van der Waals surface area contributed by atoms with Crippen molar-refractivity contribution in [2.24, 2.45) is 0 Å². The monoisotopic (exact) mass is 208 g/mol. The SMILES string of the molecule is CCOC(=O)/C=C/c1ncc(OC)cn1. The summed E-state index contributed by atoms with van der Waals surface area (Å²) in [6.45, 7) is 2.10. The Balaban J connectivity index is 2.60. The second-order valence-electron chi connectivity index (χ2n) is 2.57. The predicted molar refractivity (Wildman–Crippen MR) is 54.3 cm³/mol. The summed E-state index contributed by atoms with van der Waals surface area (Å²) in [6, 6.07) is 0. The van der Waals surface area contributed by atoms with E-state index >= 15 is 0 Å². The Hall–Kier alpha value is -1.91. The van der Waals surface area contributed by atoms with Gasteiger partial charge in [-0.3, -0.25) is 0 Å². The van der Waals surface area contributed by atoms with E-state index in [0.29, 0.717) is 18.2 Å². The van der Waals surface area contributed by atoms with Crippen LogP contribution in [0.3, 0.4) is 0 Å². The number of hydrogen-bond donors (Lipinski definition) is 0. The molecule has 0 aliphatic carbocycles. The van der Waals surface area contributed by atoms with Crippen LogP contribution in [0.2, 0.25) is 0 Å². The lowest BCUT2D eigenvalue weighted by Crippen LogP contribution is -1.99. The van der Waals surface area contributed by atoms with Crippen molar-refractivity contribution < 1.29 is 14.3 Å². The van der Waals surface area contributed by atoms with Crippen molar-refractivity contribution in [2.75, 3.05) is 13.7 Å². The van der Waals surface area contributed by atoms with E-state index < -0.39 is 5.97 Å². The van der Waals surface area contributed by atoms with Crippen LogP contribution in [0, 0.1) is 0 Å². The predicted octanol–water partition coefficient (Wildman–Crippen LogP) is 1.06. The number of esters is 1. The molecule has 0 saturated carbocycles. The number of nitrogens with zero attached hydrogens (tertiary/aromatic N) is 2. The van der Waals surface area contributed by atoms with Gasteiger partial charge in [-0.05, 0) is 13.0 Å². The van der Waals surface area contributed by atoms with Gasteiger partial charge in [0.05, 0.1) is 26.1 Å². The lowest BCUT2D eigenvalue weighted by atomic mass is 10.4. The minimum Gasteiger partial charge on any atom is -0.494 e. The molecule has 1 heterocycles. The maximum atomic E-state index is 11.0. The van der Waals surface area contributed by atoms with Crippen LogP contribution in [0.5, 0.6) is 5.75 Å². The van der Waals surface area contributed by atoms with Gasteiger partial charge in [0.1, 0.15) is 0 Å². The van der Waals surface area contributed by atoms with Crippen molar-refractivity contribution in [3.05, 3.63) is 24.3 Å². The Bertz CT molecular complexity index is 346. The van der Waals surface area contributed by atoms with Crippen molar-refractivity contribution in [1.82, 2.24) is 9.97 Å². The third kappa shape index (κ3) is 3.76. The zero-order valence-corrected chi connectivity index (χ0v) is 8.64. The zero-order valence-electron chi connectivity index (χ0n) is 8.64. The summed E-state index contributed by atoms with van der Waals surface area (Å²) in [7, 11) is 1.53. The van der Waals surface area contributed by atoms with E-state index in [-0.39, 0.29) is 0 Å². The Morgan fingerprint density at radius 3 is 2.67 bits per heavy atom. The molecular weight excluding hydrogens is 196 g/mol.